The summed E-state index contributed by atoms with van der Waals surface area (Å²) >= 11 is 2.34. The van der Waals surface area contributed by atoms with E-state index in [9.17, 15) is 0 Å². The van der Waals surface area contributed by atoms with Crippen molar-refractivity contribution in [2.75, 3.05) is 11.9 Å². The molecule has 0 amide bonds. The fourth-order valence-electron chi connectivity index (χ4n) is 2.15. The number of rotatable bonds is 5. The first-order chi connectivity index (χ1) is 10.0. The second-order valence-electron chi connectivity index (χ2n) is 5.54. The van der Waals surface area contributed by atoms with E-state index in [1.165, 1.54) is 11.1 Å². The Kier molecular flexibility index (Phi) is 5.56. The number of aromatic nitrogens is 2. The lowest BCUT2D eigenvalue weighted by Crippen LogP contribution is -2.11. The molecule has 0 saturated heterocycles. The van der Waals surface area contributed by atoms with Gasteiger partial charge in [0.15, 0.2) is 0 Å². The summed E-state index contributed by atoms with van der Waals surface area (Å²) < 4.78 is 1.14. The van der Waals surface area contributed by atoms with E-state index in [1.807, 2.05) is 0 Å². The molecule has 1 aromatic heterocycles. The minimum atomic E-state index is 0.397. The van der Waals surface area contributed by atoms with Crippen LogP contribution in [0.15, 0.2) is 24.3 Å². The minimum absolute atomic E-state index is 0.397. The van der Waals surface area contributed by atoms with Crippen molar-refractivity contribution < 1.29 is 0 Å². The molecule has 0 spiro atoms. The molecule has 0 saturated carbocycles. The van der Waals surface area contributed by atoms with E-state index < -0.39 is 0 Å². The van der Waals surface area contributed by atoms with Crippen LogP contribution in [-0.4, -0.2) is 16.5 Å². The monoisotopic (exact) mass is 395 g/mol. The summed E-state index contributed by atoms with van der Waals surface area (Å²) in [6.45, 7) is 9.42. The van der Waals surface area contributed by atoms with Crippen LogP contribution >= 0.6 is 22.6 Å². The molecule has 112 valence electrons. The lowest BCUT2D eigenvalue weighted by Gasteiger charge is -2.14. The Hall–Kier alpha value is -1.17. The van der Waals surface area contributed by atoms with Crippen LogP contribution in [0.1, 0.15) is 49.3 Å². The van der Waals surface area contributed by atoms with Gasteiger partial charge in [-0.1, -0.05) is 43.7 Å². The lowest BCUT2D eigenvalue weighted by molar-refractivity contribution is 0.783. The van der Waals surface area contributed by atoms with Gasteiger partial charge < -0.3 is 5.32 Å². The van der Waals surface area contributed by atoms with E-state index in [-0.39, 0.29) is 0 Å². The maximum Gasteiger partial charge on any atom is 0.143 e. The lowest BCUT2D eigenvalue weighted by atomic mass is 10.1. The standard InChI is InChI=1S/C17H22IN3/c1-5-19-17-15(18)16(11(2)3)20-14(21-17)10-13-8-6-12(4)7-9-13/h6-9,11H,5,10H2,1-4H3,(H,19,20,21). The Bertz CT molecular complexity index is 606. The molecule has 0 bridgehead atoms. The molecule has 3 nitrogen and oxygen atoms in total. The van der Waals surface area contributed by atoms with Crippen LogP contribution < -0.4 is 5.32 Å². The number of aryl methyl sites for hydroxylation is 1. The first-order valence-electron chi connectivity index (χ1n) is 7.37. The Morgan fingerprint density at radius 1 is 1.14 bits per heavy atom. The Morgan fingerprint density at radius 2 is 1.81 bits per heavy atom. The van der Waals surface area contributed by atoms with Gasteiger partial charge in [-0.2, -0.15) is 0 Å². The van der Waals surface area contributed by atoms with Gasteiger partial charge in [-0.25, -0.2) is 9.97 Å². The fraction of sp³-hybridized carbons (Fsp3) is 0.412. The van der Waals surface area contributed by atoms with Gasteiger partial charge in [0, 0.05) is 13.0 Å². The third-order valence-corrected chi connectivity index (χ3v) is 4.36. The Labute approximate surface area is 140 Å². The second kappa shape index (κ2) is 7.20. The van der Waals surface area contributed by atoms with Crippen molar-refractivity contribution in [3.05, 3.63) is 50.5 Å². The van der Waals surface area contributed by atoms with Gasteiger partial charge in [-0.3, -0.25) is 0 Å². The smallest absolute Gasteiger partial charge is 0.143 e. The van der Waals surface area contributed by atoms with Crippen LogP contribution in [0.4, 0.5) is 5.82 Å². The van der Waals surface area contributed by atoms with Crippen molar-refractivity contribution in [1.82, 2.24) is 9.97 Å². The first-order valence-corrected chi connectivity index (χ1v) is 8.44. The molecule has 1 aromatic carbocycles. The summed E-state index contributed by atoms with van der Waals surface area (Å²) in [6.07, 6.45) is 0.773. The molecule has 0 aliphatic heterocycles. The molecule has 0 atom stereocenters. The van der Waals surface area contributed by atoms with Gasteiger partial charge in [0.1, 0.15) is 11.6 Å². The zero-order valence-corrected chi connectivity index (χ0v) is 15.2. The molecular weight excluding hydrogens is 373 g/mol. The zero-order chi connectivity index (χ0) is 15.4. The van der Waals surface area contributed by atoms with Gasteiger partial charge in [0.05, 0.1) is 9.26 Å². The molecule has 0 fully saturated rings. The van der Waals surface area contributed by atoms with E-state index in [4.69, 9.17) is 9.97 Å². The summed E-state index contributed by atoms with van der Waals surface area (Å²) in [7, 11) is 0. The van der Waals surface area contributed by atoms with E-state index >= 15 is 0 Å². The largest absolute Gasteiger partial charge is 0.369 e. The fourth-order valence-corrected chi connectivity index (χ4v) is 3.20. The number of nitrogens with zero attached hydrogens (tertiary/aromatic N) is 2. The summed E-state index contributed by atoms with van der Waals surface area (Å²) in [5, 5.41) is 3.35. The Morgan fingerprint density at radius 3 is 2.38 bits per heavy atom. The van der Waals surface area contributed by atoms with E-state index in [0.717, 1.165) is 33.9 Å². The summed E-state index contributed by atoms with van der Waals surface area (Å²) in [5.41, 5.74) is 3.65. The van der Waals surface area contributed by atoms with E-state index in [1.54, 1.807) is 0 Å². The molecule has 1 N–H and O–H groups in total. The van der Waals surface area contributed by atoms with Crippen molar-refractivity contribution in [2.24, 2.45) is 0 Å². The van der Waals surface area contributed by atoms with E-state index in [2.05, 4.69) is 79.9 Å². The maximum atomic E-state index is 4.77. The summed E-state index contributed by atoms with van der Waals surface area (Å²) in [5.74, 6) is 2.24. The van der Waals surface area contributed by atoms with Gasteiger partial charge in [-0.15, -0.1) is 0 Å². The molecule has 0 radical (unpaired) electrons. The van der Waals surface area contributed by atoms with Gasteiger partial charge >= 0.3 is 0 Å². The molecular formula is C17H22IN3. The van der Waals surface area contributed by atoms with Gasteiger partial charge in [-0.05, 0) is 47.9 Å². The SMILES string of the molecule is CCNc1nc(Cc2ccc(C)cc2)nc(C(C)C)c1I. The average Bonchev–Trinajstić information content (AvgIpc) is 2.44. The average molecular weight is 395 g/mol. The molecule has 0 aliphatic rings. The highest BCUT2D eigenvalue weighted by Crippen LogP contribution is 2.25. The molecule has 0 aliphatic carbocycles. The highest BCUT2D eigenvalue weighted by molar-refractivity contribution is 14.1. The third-order valence-electron chi connectivity index (χ3n) is 3.30. The summed E-state index contributed by atoms with van der Waals surface area (Å²) in [4.78, 5) is 9.47. The molecule has 0 unspecified atom stereocenters. The highest BCUT2D eigenvalue weighted by atomic mass is 127. The number of hydrogen-bond acceptors (Lipinski definition) is 3. The van der Waals surface area contributed by atoms with Gasteiger partial charge in [0.2, 0.25) is 0 Å². The van der Waals surface area contributed by atoms with Gasteiger partial charge in [0.25, 0.3) is 0 Å². The quantitative estimate of drug-likeness (QED) is 0.756. The maximum absolute atomic E-state index is 4.77. The van der Waals surface area contributed by atoms with Crippen LogP contribution in [0.25, 0.3) is 0 Å². The topological polar surface area (TPSA) is 37.8 Å². The van der Waals surface area contributed by atoms with Crippen LogP contribution in [0.5, 0.6) is 0 Å². The number of nitrogens with one attached hydrogen (secondary N) is 1. The Balaban J connectivity index is 2.36. The van der Waals surface area contributed by atoms with E-state index in [0.29, 0.717) is 5.92 Å². The van der Waals surface area contributed by atoms with Crippen molar-refractivity contribution in [3.8, 4) is 0 Å². The van der Waals surface area contributed by atoms with Crippen LogP contribution in [-0.2, 0) is 6.42 Å². The van der Waals surface area contributed by atoms with Crippen molar-refractivity contribution in [1.29, 1.82) is 0 Å². The number of benzene rings is 1. The highest BCUT2D eigenvalue weighted by Gasteiger charge is 2.14. The molecule has 2 aromatic rings. The van der Waals surface area contributed by atoms with Crippen LogP contribution in [0.3, 0.4) is 0 Å². The number of hydrogen-bond donors (Lipinski definition) is 1. The predicted molar refractivity (Wildman–Crippen MR) is 97.0 cm³/mol. The van der Waals surface area contributed by atoms with Crippen molar-refractivity contribution in [3.63, 3.8) is 0 Å². The predicted octanol–water partition coefficient (Wildman–Crippen LogP) is 4.54. The number of halogens is 1. The molecule has 4 heteroatoms. The second-order valence-corrected chi connectivity index (χ2v) is 6.61. The molecule has 1 heterocycles. The third kappa shape index (κ3) is 4.15. The van der Waals surface area contributed by atoms with Crippen molar-refractivity contribution in [2.45, 2.75) is 40.0 Å². The normalized spacial score (nSPS) is 11.0. The minimum Gasteiger partial charge on any atom is -0.369 e. The number of anilines is 1. The first kappa shape index (κ1) is 16.2. The summed E-state index contributed by atoms with van der Waals surface area (Å²) in [6, 6.07) is 8.57. The molecule has 21 heavy (non-hydrogen) atoms. The van der Waals surface area contributed by atoms with Crippen molar-refractivity contribution >= 4 is 28.4 Å². The molecule has 2 rings (SSSR count). The van der Waals surface area contributed by atoms with Crippen LogP contribution in [0, 0.1) is 10.5 Å². The van der Waals surface area contributed by atoms with Crippen LogP contribution in [0.2, 0.25) is 0 Å². The zero-order valence-electron chi connectivity index (χ0n) is 13.1.